The van der Waals surface area contributed by atoms with Crippen molar-refractivity contribution in [1.29, 1.82) is 0 Å². The molecule has 0 rings (SSSR count). The van der Waals surface area contributed by atoms with Crippen LogP contribution in [0.3, 0.4) is 0 Å². The van der Waals surface area contributed by atoms with Crippen LogP contribution >= 0.6 is 0 Å². The van der Waals surface area contributed by atoms with Gasteiger partial charge in [-0.1, -0.05) is 353 Å². The lowest BCUT2D eigenvalue weighted by Crippen LogP contribution is -2.45. The smallest absolute Gasteiger partial charge is 0.305 e. The number of aliphatic hydroxyl groups excluding tert-OH is 2. The standard InChI is InChI=1S/C68H133NO5/c1-3-5-7-9-11-13-15-16-39-42-46-50-54-58-62-68(73)74-63-59-55-51-47-43-40-37-35-33-31-29-27-25-23-21-19-17-18-20-22-24-26-28-30-32-34-36-38-41-45-49-53-57-61-67(72)69-65(64-70)66(71)60-56-52-48-44-14-12-10-8-6-4-2/h56,60,65-66,70-71H,3-55,57-59,61-64H2,1-2H3,(H,69,72)/b60-56+. The number of ether oxygens (including phenoxy) is 1. The molecule has 6 heteroatoms. The van der Waals surface area contributed by atoms with Gasteiger partial charge in [0.25, 0.3) is 0 Å². The zero-order valence-electron chi connectivity index (χ0n) is 50.4. The number of nitrogens with one attached hydrogen (secondary N) is 1. The molecule has 0 bridgehead atoms. The van der Waals surface area contributed by atoms with E-state index in [0.29, 0.717) is 19.4 Å². The van der Waals surface area contributed by atoms with Crippen molar-refractivity contribution in [1.82, 2.24) is 5.32 Å². The molecule has 74 heavy (non-hydrogen) atoms. The highest BCUT2D eigenvalue weighted by molar-refractivity contribution is 5.76. The minimum atomic E-state index is -0.838. The maximum absolute atomic E-state index is 12.4. The lowest BCUT2D eigenvalue weighted by Gasteiger charge is -2.20. The van der Waals surface area contributed by atoms with Crippen molar-refractivity contribution in [2.75, 3.05) is 13.2 Å². The SMILES string of the molecule is CCCCCCCCCC/C=C/C(O)C(CO)NC(=O)CCCCCCCCCCCCCCCCCCCCCCCCCCCCCCCCCCCOC(=O)CCCCCCCCCCCCCCCC. The first-order chi connectivity index (χ1) is 36.5. The molecule has 0 spiro atoms. The summed E-state index contributed by atoms with van der Waals surface area (Å²) in [6.45, 7) is 4.92. The first kappa shape index (κ1) is 72.6. The van der Waals surface area contributed by atoms with Crippen molar-refractivity contribution in [2.45, 2.75) is 398 Å². The fourth-order valence-corrected chi connectivity index (χ4v) is 10.9. The number of aliphatic hydroxyl groups is 2. The zero-order valence-corrected chi connectivity index (χ0v) is 50.4. The lowest BCUT2D eigenvalue weighted by molar-refractivity contribution is -0.143. The third-order valence-electron chi connectivity index (χ3n) is 16.1. The van der Waals surface area contributed by atoms with Crippen LogP contribution in [0.2, 0.25) is 0 Å². The number of carbonyl (C=O) groups is 2. The molecule has 2 atom stereocenters. The van der Waals surface area contributed by atoms with E-state index in [0.717, 1.165) is 38.5 Å². The van der Waals surface area contributed by atoms with Gasteiger partial charge in [0.2, 0.25) is 5.91 Å². The molecule has 0 aliphatic rings. The molecule has 0 aromatic carbocycles. The second kappa shape index (κ2) is 64.1. The average molecular weight is 1040 g/mol. The van der Waals surface area contributed by atoms with Gasteiger partial charge in [0.15, 0.2) is 0 Å². The van der Waals surface area contributed by atoms with Gasteiger partial charge in [0.1, 0.15) is 0 Å². The molecule has 0 heterocycles. The number of unbranched alkanes of at least 4 members (excludes halogenated alkanes) is 53. The minimum absolute atomic E-state index is 0.0243. The first-order valence-electron chi connectivity index (χ1n) is 34.0. The van der Waals surface area contributed by atoms with Gasteiger partial charge in [-0.25, -0.2) is 0 Å². The molecule has 440 valence electrons. The van der Waals surface area contributed by atoms with Crippen LogP contribution in [0.15, 0.2) is 12.2 Å². The molecule has 2 unspecified atom stereocenters. The molecule has 0 radical (unpaired) electrons. The Bertz CT molecular complexity index is 1110. The molecule has 6 nitrogen and oxygen atoms in total. The van der Waals surface area contributed by atoms with Crippen molar-refractivity contribution in [3.05, 3.63) is 12.2 Å². The highest BCUT2D eigenvalue weighted by Gasteiger charge is 2.18. The molecule has 0 saturated carbocycles. The van der Waals surface area contributed by atoms with Crippen molar-refractivity contribution in [3.63, 3.8) is 0 Å². The van der Waals surface area contributed by atoms with Crippen molar-refractivity contribution in [3.8, 4) is 0 Å². The van der Waals surface area contributed by atoms with E-state index >= 15 is 0 Å². The molecule has 0 aromatic rings. The van der Waals surface area contributed by atoms with Crippen molar-refractivity contribution >= 4 is 11.9 Å². The molecule has 1 amide bonds. The number of allylic oxidation sites excluding steroid dienone is 1. The summed E-state index contributed by atoms with van der Waals surface area (Å²) in [6, 6.07) is -0.621. The maximum atomic E-state index is 12.4. The third-order valence-corrected chi connectivity index (χ3v) is 16.1. The van der Waals surface area contributed by atoms with Crippen LogP contribution < -0.4 is 5.32 Å². The molecule has 0 saturated heterocycles. The molecule has 0 aromatic heterocycles. The normalized spacial score (nSPS) is 12.5. The zero-order chi connectivity index (χ0) is 53.6. The van der Waals surface area contributed by atoms with Crippen LogP contribution in [0.5, 0.6) is 0 Å². The van der Waals surface area contributed by atoms with Gasteiger partial charge in [0, 0.05) is 12.8 Å². The Kier molecular flexibility index (Phi) is 62.9. The van der Waals surface area contributed by atoms with E-state index in [4.69, 9.17) is 4.74 Å². The summed E-state index contributed by atoms with van der Waals surface area (Å²) < 4.78 is 5.50. The van der Waals surface area contributed by atoms with E-state index in [-0.39, 0.29) is 18.5 Å². The Morgan fingerprint density at radius 3 is 0.919 bits per heavy atom. The van der Waals surface area contributed by atoms with Gasteiger partial charge in [-0.05, 0) is 32.1 Å². The Morgan fingerprint density at radius 2 is 0.622 bits per heavy atom. The average Bonchev–Trinajstić information content (AvgIpc) is 3.40. The summed E-state index contributed by atoms with van der Waals surface area (Å²) in [5.74, 6) is -0.0389. The summed E-state index contributed by atoms with van der Waals surface area (Å²) in [6.07, 6.45) is 78.8. The van der Waals surface area contributed by atoms with Crippen LogP contribution in [0.4, 0.5) is 0 Å². The van der Waals surface area contributed by atoms with E-state index < -0.39 is 12.1 Å². The highest BCUT2D eigenvalue weighted by atomic mass is 16.5. The predicted molar refractivity (Wildman–Crippen MR) is 324 cm³/mol. The molecule has 3 N–H and O–H groups in total. The molecule has 0 aliphatic heterocycles. The Hall–Kier alpha value is -1.40. The van der Waals surface area contributed by atoms with Gasteiger partial charge in [0.05, 0.1) is 25.4 Å². The number of carbonyl (C=O) groups excluding carboxylic acids is 2. The lowest BCUT2D eigenvalue weighted by atomic mass is 10.0. The fourth-order valence-electron chi connectivity index (χ4n) is 10.9. The van der Waals surface area contributed by atoms with Gasteiger partial charge in [-0.3, -0.25) is 9.59 Å². The van der Waals surface area contributed by atoms with Gasteiger partial charge in [-0.2, -0.15) is 0 Å². The van der Waals surface area contributed by atoms with Gasteiger partial charge in [-0.15, -0.1) is 0 Å². The second-order valence-electron chi connectivity index (χ2n) is 23.5. The van der Waals surface area contributed by atoms with E-state index in [1.807, 2.05) is 6.08 Å². The summed E-state index contributed by atoms with van der Waals surface area (Å²) >= 11 is 0. The Balaban J connectivity index is 3.29. The van der Waals surface area contributed by atoms with Crippen LogP contribution in [-0.4, -0.2) is 47.4 Å². The van der Waals surface area contributed by atoms with Crippen molar-refractivity contribution in [2.24, 2.45) is 0 Å². The number of hydrogen-bond acceptors (Lipinski definition) is 5. The monoisotopic (exact) mass is 1040 g/mol. The molecule has 0 fully saturated rings. The second-order valence-corrected chi connectivity index (χ2v) is 23.5. The molecular formula is C68H133NO5. The van der Waals surface area contributed by atoms with Crippen LogP contribution in [0.1, 0.15) is 386 Å². The Labute approximate surface area is 463 Å². The van der Waals surface area contributed by atoms with Crippen LogP contribution in [0.25, 0.3) is 0 Å². The van der Waals surface area contributed by atoms with E-state index in [1.54, 1.807) is 6.08 Å². The summed E-state index contributed by atoms with van der Waals surface area (Å²) in [5.41, 5.74) is 0. The van der Waals surface area contributed by atoms with E-state index in [2.05, 4.69) is 19.2 Å². The van der Waals surface area contributed by atoms with Crippen molar-refractivity contribution < 1.29 is 24.5 Å². The highest BCUT2D eigenvalue weighted by Crippen LogP contribution is 2.19. The van der Waals surface area contributed by atoms with E-state index in [9.17, 15) is 19.8 Å². The fraction of sp³-hybridized carbons (Fsp3) is 0.941. The molecule has 0 aliphatic carbocycles. The minimum Gasteiger partial charge on any atom is -0.466 e. The number of esters is 1. The summed E-state index contributed by atoms with van der Waals surface area (Å²) in [4.78, 5) is 24.5. The number of amides is 1. The topological polar surface area (TPSA) is 95.9 Å². The van der Waals surface area contributed by atoms with Crippen LogP contribution in [0, 0.1) is 0 Å². The number of hydrogen-bond donors (Lipinski definition) is 3. The molecular weight excluding hydrogens is 911 g/mol. The van der Waals surface area contributed by atoms with E-state index in [1.165, 1.54) is 321 Å². The van der Waals surface area contributed by atoms with Crippen LogP contribution in [-0.2, 0) is 14.3 Å². The predicted octanol–water partition coefficient (Wildman–Crippen LogP) is 21.6. The summed E-state index contributed by atoms with van der Waals surface area (Å²) in [7, 11) is 0. The number of rotatable bonds is 64. The quantitative estimate of drug-likeness (QED) is 0.0320. The summed E-state index contributed by atoms with van der Waals surface area (Å²) in [5, 5.41) is 23.0. The first-order valence-corrected chi connectivity index (χ1v) is 34.0. The van der Waals surface area contributed by atoms with Gasteiger partial charge < -0.3 is 20.3 Å². The largest absolute Gasteiger partial charge is 0.466 e. The van der Waals surface area contributed by atoms with Gasteiger partial charge >= 0.3 is 5.97 Å². The Morgan fingerprint density at radius 1 is 0.365 bits per heavy atom. The third kappa shape index (κ3) is 59.8. The maximum Gasteiger partial charge on any atom is 0.305 e.